The summed E-state index contributed by atoms with van der Waals surface area (Å²) in [6, 6.07) is 2.07. The molecule has 0 radical (unpaired) electrons. The van der Waals surface area contributed by atoms with Crippen molar-refractivity contribution in [2.75, 3.05) is 5.32 Å². The van der Waals surface area contributed by atoms with E-state index in [1.54, 1.807) is 0 Å². The van der Waals surface area contributed by atoms with Gasteiger partial charge in [-0.1, -0.05) is 13.8 Å². The molecule has 3 nitrogen and oxygen atoms in total. The van der Waals surface area contributed by atoms with Gasteiger partial charge in [0.05, 0.1) is 0 Å². The molecule has 0 atom stereocenters. The van der Waals surface area contributed by atoms with Gasteiger partial charge in [0.15, 0.2) is 0 Å². The number of anilines is 1. The van der Waals surface area contributed by atoms with Gasteiger partial charge in [-0.05, 0) is 26.7 Å². The number of hydrogen-bond donors (Lipinski definition) is 2. The van der Waals surface area contributed by atoms with Gasteiger partial charge in [-0.25, -0.2) is 0 Å². The molecule has 0 amide bonds. The molecule has 13 heavy (non-hydrogen) atoms. The molecule has 0 unspecified atom stereocenters. The van der Waals surface area contributed by atoms with E-state index in [4.69, 9.17) is 0 Å². The second kappa shape index (κ2) is 3.40. The van der Waals surface area contributed by atoms with Crippen LogP contribution in [0.15, 0.2) is 6.07 Å². The van der Waals surface area contributed by atoms with Crippen molar-refractivity contribution in [1.29, 1.82) is 0 Å². The lowest BCUT2D eigenvalue weighted by Gasteiger charge is -2.19. The van der Waals surface area contributed by atoms with Gasteiger partial charge in [0, 0.05) is 17.3 Å². The Kier molecular flexibility index (Phi) is 2.64. The van der Waals surface area contributed by atoms with Gasteiger partial charge >= 0.3 is 0 Å². The zero-order valence-corrected chi connectivity index (χ0v) is 9.10. The Morgan fingerprint density at radius 1 is 1.38 bits per heavy atom. The van der Waals surface area contributed by atoms with Gasteiger partial charge in [0.2, 0.25) is 0 Å². The smallest absolute Gasteiger partial charge is 0.148 e. The van der Waals surface area contributed by atoms with Crippen LogP contribution in [0.2, 0.25) is 0 Å². The SMILES string of the molecule is CC(C)c1cc(NC(C)(C)C)n[nH]1. The molecule has 1 rings (SSSR count). The molecule has 0 aliphatic rings. The first kappa shape index (κ1) is 10.1. The van der Waals surface area contributed by atoms with Crippen LogP contribution in [-0.2, 0) is 0 Å². The summed E-state index contributed by atoms with van der Waals surface area (Å²) in [5.41, 5.74) is 1.25. The molecule has 0 spiro atoms. The Morgan fingerprint density at radius 2 is 2.00 bits per heavy atom. The fraction of sp³-hybridized carbons (Fsp3) is 0.700. The van der Waals surface area contributed by atoms with Crippen molar-refractivity contribution >= 4 is 5.82 Å². The monoisotopic (exact) mass is 181 g/mol. The maximum Gasteiger partial charge on any atom is 0.148 e. The quantitative estimate of drug-likeness (QED) is 0.736. The summed E-state index contributed by atoms with van der Waals surface area (Å²) in [5.74, 6) is 1.43. The van der Waals surface area contributed by atoms with Crippen molar-refractivity contribution in [3.05, 3.63) is 11.8 Å². The molecule has 1 heterocycles. The van der Waals surface area contributed by atoms with Gasteiger partial charge in [0.25, 0.3) is 0 Å². The Morgan fingerprint density at radius 3 is 2.38 bits per heavy atom. The van der Waals surface area contributed by atoms with Crippen LogP contribution in [0.3, 0.4) is 0 Å². The number of H-pyrrole nitrogens is 1. The highest BCUT2D eigenvalue weighted by atomic mass is 15.2. The second-order valence-corrected chi connectivity index (χ2v) is 4.74. The molecular formula is C10H19N3. The Labute approximate surface area is 79.9 Å². The lowest BCUT2D eigenvalue weighted by molar-refractivity contribution is 0.630. The van der Waals surface area contributed by atoms with Gasteiger partial charge in [-0.3, -0.25) is 5.10 Å². The first-order valence-electron chi connectivity index (χ1n) is 4.72. The number of hydrogen-bond acceptors (Lipinski definition) is 2. The van der Waals surface area contributed by atoms with Crippen LogP contribution >= 0.6 is 0 Å². The standard InChI is InChI=1S/C10H19N3/c1-7(2)8-6-9(13-12-8)11-10(3,4)5/h6-7H,1-5H3,(H2,11,12,13). The van der Waals surface area contributed by atoms with Crippen molar-refractivity contribution in [2.45, 2.75) is 46.1 Å². The zero-order valence-electron chi connectivity index (χ0n) is 9.10. The highest BCUT2D eigenvalue weighted by molar-refractivity contribution is 5.38. The number of nitrogens with one attached hydrogen (secondary N) is 2. The fourth-order valence-electron chi connectivity index (χ4n) is 1.08. The summed E-state index contributed by atoms with van der Waals surface area (Å²) in [6.07, 6.45) is 0. The van der Waals surface area contributed by atoms with Crippen LogP contribution < -0.4 is 5.32 Å². The molecule has 1 aromatic heterocycles. The van der Waals surface area contributed by atoms with E-state index in [0.29, 0.717) is 5.92 Å². The number of aromatic nitrogens is 2. The van der Waals surface area contributed by atoms with E-state index in [1.165, 1.54) is 5.69 Å². The molecule has 0 aromatic carbocycles. The third-order valence-electron chi connectivity index (χ3n) is 1.72. The van der Waals surface area contributed by atoms with Crippen molar-refractivity contribution in [1.82, 2.24) is 10.2 Å². The highest BCUT2D eigenvalue weighted by Gasteiger charge is 2.12. The van der Waals surface area contributed by atoms with Crippen molar-refractivity contribution in [3.63, 3.8) is 0 Å². The Hall–Kier alpha value is -0.990. The zero-order chi connectivity index (χ0) is 10.1. The normalized spacial score (nSPS) is 12.2. The summed E-state index contributed by atoms with van der Waals surface area (Å²) in [4.78, 5) is 0. The molecule has 0 saturated carbocycles. The summed E-state index contributed by atoms with van der Waals surface area (Å²) in [5, 5.41) is 10.5. The van der Waals surface area contributed by atoms with Gasteiger partial charge in [-0.2, -0.15) is 5.10 Å². The van der Waals surface area contributed by atoms with Crippen molar-refractivity contribution in [3.8, 4) is 0 Å². The molecule has 0 saturated heterocycles. The van der Waals surface area contributed by atoms with Crippen molar-refractivity contribution < 1.29 is 0 Å². The van der Waals surface area contributed by atoms with Gasteiger partial charge in [-0.15, -0.1) is 0 Å². The minimum absolute atomic E-state index is 0.0729. The van der Waals surface area contributed by atoms with E-state index in [1.807, 2.05) is 0 Å². The molecule has 0 aliphatic heterocycles. The van der Waals surface area contributed by atoms with E-state index >= 15 is 0 Å². The molecule has 74 valence electrons. The van der Waals surface area contributed by atoms with Crippen molar-refractivity contribution in [2.24, 2.45) is 0 Å². The average Bonchev–Trinajstić information content (AvgIpc) is 2.31. The van der Waals surface area contributed by atoms with Gasteiger partial charge in [0.1, 0.15) is 5.82 Å². The third kappa shape index (κ3) is 3.09. The predicted octanol–water partition coefficient (Wildman–Crippen LogP) is 2.74. The van der Waals surface area contributed by atoms with E-state index in [-0.39, 0.29) is 5.54 Å². The summed E-state index contributed by atoms with van der Waals surface area (Å²) < 4.78 is 0. The largest absolute Gasteiger partial charge is 0.364 e. The van der Waals surface area contributed by atoms with E-state index in [9.17, 15) is 0 Å². The van der Waals surface area contributed by atoms with Crippen LogP contribution in [-0.4, -0.2) is 15.7 Å². The first-order chi connectivity index (χ1) is 5.88. The highest BCUT2D eigenvalue weighted by Crippen LogP contribution is 2.17. The minimum atomic E-state index is 0.0729. The molecule has 0 fully saturated rings. The predicted molar refractivity (Wildman–Crippen MR) is 56.1 cm³/mol. The third-order valence-corrected chi connectivity index (χ3v) is 1.72. The van der Waals surface area contributed by atoms with Crippen LogP contribution in [0.4, 0.5) is 5.82 Å². The molecule has 3 heteroatoms. The van der Waals surface area contributed by atoms with E-state index in [0.717, 1.165) is 5.82 Å². The summed E-state index contributed by atoms with van der Waals surface area (Å²) in [6.45, 7) is 10.7. The number of aromatic amines is 1. The van der Waals surface area contributed by atoms with Crippen LogP contribution in [0.5, 0.6) is 0 Å². The van der Waals surface area contributed by atoms with E-state index < -0.39 is 0 Å². The van der Waals surface area contributed by atoms with Crippen LogP contribution in [0, 0.1) is 0 Å². The average molecular weight is 181 g/mol. The molecule has 0 bridgehead atoms. The Balaban J connectivity index is 2.70. The molecular weight excluding hydrogens is 162 g/mol. The molecule has 0 aliphatic carbocycles. The first-order valence-corrected chi connectivity index (χ1v) is 4.72. The number of rotatable bonds is 2. The molecule has 1 aromatic rings. The molecule has 2 N–H and O–H groups in total. The maximum absolute atomic E-state index is 4.19. The lowest BCUT2D eigenvalue weighted by Crippen LogP contribution is -2.26. The second-order valence-electron chi connectivity index (χ2n) is 4.74. The Bertz CT molecular complexity index is 268. The fourth-order valence-corrected chi connectivity index (χ4v) is 1.08. The van der Waals surface area contributed by atoms with Crippen LogP contribution in [0.25, 0.3) is 0 Å². The summed E-state index contributed by atoms with van der Waals surface area (Å²) in [7, 11) is 0. The van der Waals surface area contributed by atoms with Gasteiger partial charge < -0.3 is 5.32 Å². The van der Waals surface area contributed by atoms with Crippen LogP contribution in [0.1, 0.15) is 46.2 Å². The van der Waals surface area contributed by atoms with E-state index in [2.05, 4.69) is 56.2 Å². The lowest BCUT2D eigenvalue weighted by atomic mass is 10.1. The minimum Gasteiger partial charge on any atom is -0.364 e. The maximum atomic E-state index is 4.19. The number of nitrogens with zero attached hydrogens (tertiary/aromatic N) is 1. The topological polar surface area (TPSA) is 40.7 Å². The summed E-state index contributed by atoms with van der Waals surface area (Å²) >= 11 is 0.